The second-order valence-corrected chi connectivity index (χ2v) is 10.0. The first-order chi connectivity index (χ1) is 17.8. The minimum atomic E-state index is -4.72. The highest BCUT2D eigenvalue weighted by molar-refractivity contribution is 5.98. The molecular weight excluding hydrogens is 477 g/mol. The molecule has 0 aliphatic carbocycles. The predicted molar refractivity (Wildman–Crippen MR) is 137 cm³/mol. The quantitative estimate of drug-likeness (QED) is 0.329. The maximum Gasteiger partial charge on any atom is 0.573 e. The average Bonchev–Trinajstić information content (AvgIpc) is 3.19. The van der Waals surface area contributed by atoms with E-state index >= 15 is 0 Å². The van der Waals surface area contributed by atoms with E-state index in [2.05, 4.69) is 46.0 Å². The van der Waals surface area contributed by atoms with Crippen LogP contribution < -0.4 is 9.64 Å². The van der Waals surface area contributed by atoms with Crippen LogP contribution in [0.25, 0.3) is 0 Å². The Morgan fingerprint density at radius 2 is 1.62 bits per heavy atom. The number of halogens is 3. The van der Waals surface area contributed by atoms with E-state index in [9.17, 15) is 18.0 Å². The Morgan fingerprint density at radius 1 is 0.892 bits per heavy atom. The number of carbonyl (C=O) groups excluding carboxylic acids is 1. The van der Waals surface area contributed by atoms with Gasteiger partial charge in [0, 0.05) is 37.4 Å². The van der Waals surface area contributed by atoms with Gasteiger partial charge in [-0.1, -0.05) is 42.5 Å². The number of benzene rings is 3. The molecular formula is C30H31F3N2O2. The van der Waals surface area contributed by atoms with E-state index in [-0.39, 0.29) is 11.7 Å². The van der Waals surface area contributed by atoms with Gasteiger partial charge >= 0.3 is 6.36 Å². The van der Waals surface area contributed by atoms with Gasteiger partial charge in [-0.3, -0.25) is 4.79 Å². The van der Waals surface area contributed by atoms with Crippen molar-refractivity contribution in [2.75, 3.05) is 18.0 Å². The van der Waals surface area contributed by atoms with Crippen molar-refractivity contribution in [2.24, 2.45) is 5.92 Å². The van der Waals surface area contributed by atoms with Crippen LogP contribution in [0.2, 0.25) is 0 Å². The molecule has 194 valence electrons. The van der Waals surface area contributed by atoms with Crippen molar-refractivity contribution in [1.82, 2.24) is 4.90 Å². The summed E-state index contributed by atoms with van der Waals surface area (Å²) in [6.45, 7) is 2.89. The molecule has 1 amide bonds. The smallest absolute Gasteiger partial charge is 0.406 e. The number of ether oxygens (including phenoxy) is 1. The molecule has 37 heavy (non-hydrogen) atoms. The van der Waals surface area contributed by atoms with Gasteiger partial charge in [-0.25, -0.2) is 0 Å². The monoisotopic (exact) mass is 508 g/mol. The lowest BCUT2D eigenvalue weighted by atomic mass is 9.90. The van der Waals surface area contributed by atoms with E-state index in [4.69, 9.17) is 0 Å². The zero-order valence-corrected chi connectivity index (χ0v) is 20.7. The molecule has 4 nitrogen and oxygen atoms in total. The van der Waals surface area contributed by atoms with Crippen molar-refractivity contribution in [2.45, 2.75) is 51.6 Å². The Kier molecular flexibility index (Phi) is 7.40. The number of fused-ring (bicyclic) bond motifs is 1. The van der Waals surface area contributed by atoms with Crippen molar-refractivity contribution in [1.29, 1.82) is 0 Å². The van der Waals surface area contributed by atoms with Gasteiger partial charge in [0.1, 0.15) is 5.75 Å². The maximum atomic E-state index is 12.9. The molecule has 0 bridgehead atoms. The summed E-state index contributed by atoms with van der Waals surface area (Å²) in [5, 5.41) is 0. The fraction of sp³-hybridized carbons (Fsp3) is 0.367. The summed E-state index contributed by atoms with van der Waals surface area (Å²) in [5.41, 5.74) is 5.03. The number of amides is 1. The van der Waals surface area contributed by atoms with Crippen LogP contribution in [0.3, 0.4) is 0 Å². The molecule has 0 spiro atoms. The predicted octanol–water partition coefficient (Wildman–Crippen LogP) is 6.98. The third-order valence-corrected chi connectivity index (χ3v) is 7.40. The zero-order chi connectivity index (χ0) is 25.8. The van der Waals surface area contributed by atoms with Crippen LogP contribution >= 0.6 is 0 Å². The molecule has 2 aliphatic heterocycles. The first-order valence-corrected chi connectivity index (χ1v) is 12.9. The molecule has 5 rings (SSSR count). The molecule has 1 saturated heterocycles. The molecule has 0 unspecified atom stereocenters. The van der Waals surface area contributed by atoms with Crippen LogP contribution in [0.4, 0.5) is 18.9 Å². The van der Waals surface area contributed by atoms with Gasteiger partial charge in [-0.15, -0.1) is 13.2 Å². The minimum Gasteiger partial charge on any atom is -0.406 e. The van der Waals surface area contributed by atoms with Crippen LogP contribution in [0.5, 0.6) is 5.75 Å². The van der Waals surface area contributed by atoms with Crippen molar-refractivity contribution in [3.63, 3.8) is 0 Å². The van der Waals surface area contributed by atoms with Gasteiger partial charge in [-0.2, -0.15) is 0 Å². The topological polar surface area (TPSA) is 32.8 Å². The van der Waals surface area contributed by atoms with E-state index in [1.54, 1.807) is 17.0 Å². The first kappa shape index (κ1) is 25.2. The zero-order valence-electron chi connectivity index (χ0n) is 20.7. The van der Waals surface area contributed by atoms with Crippen LogP contribution in [0.1, 0.15) is 52.7 Å². The number of carbonyl (C=O) groups is 1. The highest BCUT2D eigenvalue weighted by atomic mass is 19.4. The summed E-state index contributed by atoms with van der Waals surface area (Å²) in [6, 6.07) is 22.4. The van der Waals surface area contributed by atoms with E-state index in [1.807, 2.05) is 12.1 Å². The fourth-order valence-corrected chi connectivity index (χ4v) is 5.43. The summed E-state index contributed by atoms with van der Waals surface area (Å²) in [7, 11) is 0. The molecule has 1 fully saturated rings. The van der Waals surface area contributed by atoms with Crippen molar-refractivity contribution < 1.29 is 22.7 Å². The standard InChI is InChI=1S/C30H31F3N2O2/c31-30(32,33)37-27-12-9-24(10-13-27)20-35-21-25-19-26(11-14-28(25)29(35)36)34-17-15-23(16-18-34)8-4-7-22-5-2-1-3-6-22/h1-3,5-6,9-14,19,23H,4,7-8,15-18,20-21H2. The number of alkyl halides is 3. The van der Waals surface area contributed by atoms with Gasteiger partial charge in [-0.05, 0) is 85.0 Å². The average molecular weight is 509 g/mol. The van der Waals surface area contributed by atoms with Crippen LogP contribution in [-0.2, 0) is 19.5 Å². The number of piperidine rings is 1. The van der Waals surface area contributed by atoms with Gasteiger partial charge in [0.2, 0.25) is 0 Å². The number of nitrogens with zero attached hydrogens (tertiary/aromatic N) is 2. The number of hydrogen-bond donors (Lipinski definition) is 0. The normalized spacial score (nSPS) is 16.2. The first-order valence-electron chi connectivity index (χ1n) is 12.9. The van der Waals surface area contributed by atoms with Crippen LogP contribution in [0, 0.1) is 5.92 Å². The van der Waals surface area contributed by atoms with E-state index in [0.717, 1.165) is 42.2 Å². The van der Waals surface area contributed by atoms with E-state index in [1.165, 1.54) is 43.4 Å². The van der Waals surface area contributed by atoms with Crippen molar-refractivity contribution in [3.05, 3.63) is 95.1 Å². The second kappa shape index (κ2) is 10.9. The Morgan fingerprint density at radius 3 is 2.32 bits per heavy atom. The minimum absolute atomic E-state index is 0.0470. The Bertz CT molecular complexity index is 1200. The maximum absolute atomic E-state index is 12.9. The van der Waals surface area contributed by atoms with Gasteiger partial charge in [0.05, 0.1) is 0 Å². The Labute approximate surface area is 215 Å². The summed E-state index contributed by atoms with van der Waals surface area (Å²) < 4.78 is 41.1. The molecule has 0 atom stereocenters. The van der Waals surface area contributed by atoms with E-state index in [0.29, 0.717) is 18.7 Å². The largest absolute Gasteiger partial charge is 0.573 e. The lowest BCUT2D eigenvalue weighted by Gasteiger charge is -2.34. The summed E-state index contributed by atoms with van der Waals surface area (Å²) in [5.74, 6) is 0.450. The van der Waals surface area contributed by atoms with Crippen molar-refractivity contribution >= 4 is 11.6 Å². The third-order valence-electron chi connectivity index (χ3n) is 7.40. The second-order valence-electron chi connectivity index (χ2n) is 10.0. The molecule has 0 aromatic heterocycles. The third kappa shape index (κ3) is 6.45. The molecule has 3 aromatic rings. The molecule has 2 heterocycles. The van der Waals surface area contributed by atoms with Gasteiger partial charge in [0.25, 0.3) is 5.91 Å². The lowest BCUT2D eigenvalue weighted by Crippen LogP contribution is -2.33. The van der Waals surface area contributed by atoms with E-state index < -0.39 is 6.36 Å². The molecule has 0 N–H and O–H groups in total. The molecule has 2 aliphatic rings. The number of rotatable bonds is 8. The number of aryl methyl sites for hydroxylation is 1. The van der Waals surface area contributed by atoms with Gasteiger partial charge < -0.3 is 14.5 Å². The van der Waals surface area contributed by atoms with Crippen LogP contribution in [-0.4, -0.2) is 30.3 Å². The molecule has 0 radical (unpaired) electrons. The lowest BCUT2D eigenvalue weighted by molar-refractivity contribution is -0.274. The number of anilines is 1. The summed E-state index contributed by atoms with van der Waals surface area (Å²) in [6.07, 6.45) is 1.28. The van der Waals surface area contributed by atoms with Crippen molar-refractivity contribution in [3.8, 4) is 5.75 Å². The SMILES string of the molecule is O=C1c2ccc(N3CCC(CCCc4ccccc4)CC3)cc2CN1Cc1ccc(OC(F)(F)F)cc1. The highest BCUT2D eigenvalue weighted by Gasteiger charge is 2.31. The van der Waals surface area contributed by atoms with Crippen LogP contribution in [0.15, 0.2) is 72.8 Å². The summed E-state index contributed by atoms with van der Waals surface area (Å²) in [4.78, 5) is 17.1. The fourth-order valence-electron chi connectivity index (χ4n) is 5.43. The van der Waals surface area contributed by atoms with Gasteiger partial charge in [0.15, 0.2) is 0 Å². The molecule has 0 saturated carbocycles. The molecule has 7 heteroatoms. The number of hydrogen-bond acceptors (Lipinski definition) is 3. The Balaban J connectivity index is 1.12. The molecule has 3 aromatic carbocycles. The Hall–Kier alpha value is -3.48. The highest BCUT2D eigenvalue weighted by Crippen LogP contribution is 2.32. The summed E-state index contributed by atoms with van der Waals surface area (Å²) >= 11 is 0.